The van der Waals surface area contributed by atoms with Gasteiger partial charge in [-0.05, 0) is 50.9 Å². The molecule has 0 aromatic rings. The largest absolute Gasteiger partial charge is 0.372 e. The summed E-state index contributed by atoms with van der Waals surface area (Å²) in [6.07, 6.45) is 5.46. The lowest BCUT2D eigenvalue weighted by Crippen LogP contribution is -2.56. The second-order valence-corrected chi connectivity index (χ2v) is 7.30. The van der Waals surface area contributed by atoms with E-state index in [2.05, 4.69) is 43.6 Å². The van der Waals surface area contributed by atoms with E-state index in [9.17, 15) is 0 Å². The second kappa shape index (κ2) is 3.73. The molecule has 1 aliphatic carbocycles. The highest BCUT2D eigenvalue weighted by molar-refractivity contribution is 9.09. The van der Waals surface area contributed by atoms with Crippen LogP contribution in [0.1, 0.15) is 53.4 Å². The molecule has 0 unspecified atom stereocenters. The lowest BCUT2D eigenvalue weighted by Gasteiger charge is -2.56. The zero-order valence-corrected chi connectivity index (χ0v) is 11.9. The van der Waals surface area contributed by atoms with Crippen LogP contribution in [0.5, 0.6) is 0 Å². The minimum Gasteiger partial charge on any atom is -0.372 e. The summed E-state index contributed by atoms with van der Waals surface area (Å²) in [7, 11) is 0. The molecule has 2 rings (SSSR count). The number of hydrogen-bond donors (Lipinski definition) is 0. The van der Waals surface area contributed by atoms with Gasteiger partial charge >= 0.3 is 0 Å². The molecule has 15 heavy (non-hydrogen) atoms. The Hall–Kier alpha value is 0.440. The maximum absolute atomic E-state index is 6.24. The molecule has 0 amide bonds. The molecule has 0 N–H and O–H groups in total. The van der Waals surface area contributed by atoms with Crippen molar-refractivity contribution in [2.24, 2.45) is 11.3 Å². The third kappa shape index (κ3) is 1.88. The van der Waals surface area contributed by atoms with Crippen LogP contribution in [-0.4, -0.2) is 16.5 Å². The summed E-state index contributed by atoms with van der Waals surface area (Å²) < 4.78 is 6.24. The molecule has 0 radical (unpaired) electrons. The van der Waals surface area contributed by atoms with Gasteiger partial charge in [-0.25, -0.2) is 0 Å². The van der Waals surface area contributed by atoms with Crippen molar-refractivity contribution in [3.63, 3.8) is 0 Å². The van der Waals surface area contributed by atoms with Gasteiger partial charge in [0.15, 0.2) is 0 Å². The molecule has 1 aliphatic heterocycles. The molecule has 1 heterocycles. The van der Waals surface area contributed by atoms with Gasteiger partial charge in [-0.3, -0.25) is 0 Å². The third-order valence-corrected chi connectivity index (χ3v) is 6.31. The molecule has 2 aliphatic rings. The normalized spacial score (nSPS) is 49.8. The van der Waals surface area contributed by atoms with E-state index in [4.69, 9.17) is 4.74 Å². The summed E-state index contributed by atoms with van der Waals surface area (Å²) in [5.41, 5.74) is 0.499. The van der Waals surface area contributed by atoms with Gasteiger partial charge in [0.1, 0.15) is 0 Å². The second-order valence-electron chi connectivity index (χ2n) is 6.20. The van der Waals surface area contributed by atoms with E-state index in [1.54, 1.807) is 0 Å². The van der Waals surface area contributed by atoms with Crippen LogP contribution in [0, 0.1) is 11.3 Å². The Balaban J connectivity index is 2.25. The first-order valence-electron chi connectivity index (χ1n) is 6.18. The van der Waals surface area contributed by atoms with Gasteiger partial charge in [-0.2, -0.15) is 0 Å². The van der Waals surface area contributed by atoms with E-state index >= 15 is 0 Å². The van der Waals surface area contributed by atoms with Crippen molar-refractivity contribution in [1.82, 2.24) is 0 Å². The Morgan fingerprint density at radius 3 is 2.47 bits per heavy atom. The van der Waals surface area contributed by atoms with Gasteiger partial charge in [0, 0.05) is 4.83 Å². The summed E-state index contributed by atoms with van der Waals surface area (Å²) in [5, 5.41) is 0. The summed E-state index contributed by atoms with van der Waals surface area (Å²) in [6, 6.07) is 0. The predicted octanol–water partition coefficient (Wildman–Crippen LogP) is 4.14. The van der Waals surface area contributed by atoms with Gasteiger partial charge in [0.2, 0.25) is 0 Å². The molecular weight excluding hydrogens is 252 g/mol. The van der Waals surface area contributed by atoms with Crippen molar-refractivity contribution < 1.29 is 4.74 Å². The Morgan fingerprint density at radius 2 is 1.80 bits per heavy atom. The van der Waals surface area contributed by atoms with E-state index in [0.717, 1.165) is 0 Å². The molecule has 2 fully saturated rings. The van der Waals surface area contributed by atoms with Gasteiger partial charge < -0.3 is 4.74 Å². The van der Waals surface area contributed by atoms with Crippen LogP contribution < -0.4 is 0 Å². The molecular formula is C13H23BrO. The van der Waals surface area contributed by atoms with Crippen molar-refractivity contribution in [1.29, 1.82) is 0 Å². The van der Waals surface area contributed by atoms with Crippen molar-refractivity contribution in [2.45, 2.75) is 69.9 Å². The van der Waals surface area contributed by atoms with E-state index in [-0.39, 0.29) is 5.60 Å². The molecule has 0 bridgehead atoms. The smallest absolute Gasteiger partial charge is 0.0692 e. The minimum absolute atomic E-state index is 0.130. The quantitative estimate of drug-likeness (QED) is 0.604. The summed E-state index contributed by atoms with van der Waals surface area (Å²) in [4.78, 5) is 0.653. The van der Waals surface area contributed by atoms with Crippen LogP contribution in [-0.2, 0) is 4.74 Å². The monoisotopic (exact) mass is 274 g/mol. The highest BCUT2D eigenvalue weighted by Crippen LogP contribution is 2.54. The third-order valence-electron chi connectivity index (χ3n) is 4.67. The maximum Gasteiger partial charge on any atom is 0.0692 e. The fraction of sp³-hybridized carbons (Fsp3) is 1.00. The van der Waals surface area contributed by atoms with Crippen LogP contribution in [0.3, 0.4) is 0 Å². The molecule has 0 aromatic heterocycles. The standard InChI is InChI=1S/C13H23BrO/c1-9-5-6-10-12(2,3)11(14)7-8-13(10,4)15-9/h9-11H,5-8H2,1-4H3/t9-,10+,11-,13+/m1/s1. The van der Waals surface area contributed by atoms with E-state index in [0.29, 0.717) is 22.3 Å². The van der Waals surface area contributed by atoms with Gasteiger partial charge in [0.25, 0.3) is 0 Å². The minimum atomic E-state index is 0.130. The number of hydrogen-bond acceptors (Lipinski definition) is 1. The zero-order valence-electron chi connectivity index (χ0n) is 10.3. The summed E-state index contributed by atoms with van der Waals surface area (Å²) >= 11 is 3.86. The molecule has 0 aromatic carbocycles. The molecule has 2 heteroatoms. The van der Waals surface area contributed by atoms with Crippen LogP contribution >= 0.6 is 15.9 Å². The number of rotatable bonds is 0. The molecule has 88 valence electrons. The van der Waals surface area contributed by atoms with Crippen molar-refractivity contribution in [2.75, 3.05) is 0 Å². The van der Waals surface area contributed by atoms with Gasteiger partial charge in [0.05, 0.1) is 11.7 Å². The van der Waals surface area contributed by atoms with Gasteiger partial charge in [-0.1, -0.05) is 29.8 Å². The Kier molecular flexibility index (Phi) is 2.96. The number of halogens is 1. The number of alkyl halides is 1. The number of fused-ring (bicyclic) bond motifs is 1. The first-order chi connectivity index (χ1) is 6.86. The Morgan fingerprint density at radius 1 is 1.13 bits per heavy atom. The lowest BCUT2D eigenvalue weighted by atomic mass is 9.59. The van der Waals surface area contributed by atoms with Crippen LogP contribution in [0.2, 0.25) is 0 Å². The van der Waals surface area contributed by atoms with E-state index < -0.39 is 0 Å². The fourth-order valence-electron chi connectivity index (χ4n) is 3.70. The van der Waals surface area contributed by atoms with Crippen LogP contribution in [0.4, 0.5) is 0 Å². The van der Waals surface area contributed by atoms with Gasteiger partial charge in [-0.15, -0.1) is 0 Å². The van der Waals surface area contributed by atoms with Crippen molar-refractivity contribution >= 4 is 15.9 Å². The Labute approximate surface area is 102 Å². The Bertz CT molecular complexity index is 251. The molecule has 1 saturated carbocycles. The average molecular weight is 275 g/mol. The lowest BCUT2D eigenvalue weighted by molar-refractivity contribution is -0.191. The summed E-state index contributed by atoms with van der Waals surface area (Å²) in [6.45, 7) is 9.34. The predicted molar refractivity (Wildman–Crippen MR) is 67.4 cm³/mol. The molecule has 1 nitrogen and oxygen atoms in total. The van der Waals surface area contributed by atoms with E-state index in [1.807, 2.05) is 0 Å². The van der Waals surface area contributed by atoms with Crippen molar-refractivity contribution in [3.05, 3.63) is 0 Å². The first-order valence-corrected chi connectivity index (χ1v) is 7.10. The fourth-order valence-corrected chi connectivity index (χ4v) is 4.25. The number of ether oxygens (including phenoxy) is 1. The molecule has 1 saturated heterocycles. The van der Waals surface area contributed by atoms with Crippen molar-refractivity contribution in [3.8, 4) is 0 Å². The summed E-state index contributed by atoms with van der Waals surface area (Å²) in [5.74, 6) is 0.708. The average Bonchev–Trinajstić information content (AvgIpc) is 2.11. The topological polar surface area (TPSA) is 9.23 Å². The zero-order chi connectivity index (χ0) is 11.3. The highest BCUT2D eigenvalue weighted by Gasteiger charge is 2.53. The van der Waals surface area contributed by atoms with E-state index in [1.165, 1.54) is 25.7 Å². The molecule has 4 atom stereocenters. The SMILES string of the molecule is C[C@@H]1CC[C@H]2C(C)(C)[C@H](Br)CC[C@]2(C)O1. The highest BCUT2D eigenvalue weighted by atomic mass is 79.9. The molecule has 0 spiro atoms. The first kappa shape index (κ1) is 11.9. The van der Waals surface area contributed by atoms with Crippen LogP contribution in [0.15, 0.2) is 0 Å². The maximum atomic E-state index is 6.24. The van der Waals surface area contributed by atoms with Crippen LogP contribution in [0.25, 0.3) is 0 Å².